The van der Waals surface area contributed by atoms with Crippen LogP contribution in [-0.2, 0) is 28.7 Å². The highest BCUT2D eigenvalue weighted by molar-refractivity contribution is 7.33. The van der Waals surface area contributed by atoms with Crippen LogP contribution in [0.3, 0.4) is 0 Å². The first-order valence-electron chi connectivity index (χ1n) is 24.4. The first kappa shape index (κ1) is 49.9. The van der Waals surface area contributed by atoms with Gasteiger partial charge in [-0.05, 0) is 101 Å². The molecule has 1 saturated heterocycles. The van der Waals surface area contributed by atoms with E-state index in [9.17, 15) is 19.4 Å². The van der Waals surface area contributed by atoms with Gasteiger partial charge in [-0.1, -0.05) is 114 Å². The van der Waals surface area contributed by atoms with E-state index in [4.69, 9.17) is 38.3 Å². The molecule has 0 radical (unpaired) electrons. The van der Waals surface area contributed by atoms with Crippen LogP contribution in [0.2, 0.25) is 0 Å². The van der Waals surface area contributed by atoms with Gasteiger partial charge in [-0.25, -0.2) is 9.48 Å². The van der Waals surface area contributed by atoms with Crippen LogP contribution in [-0.4, -0.2) is 87.2 Å². The number of nitriles is 1. The number of ether oxygens (including phenoxy) is 4. The second kappa shape index (κ2) is 21.1. The topological polar surface area (TPSA) is 185 Å². The molecule has 16 nitrogen and oxygen atoms in total. The van der Waals surface area contributed by atoms with Gasteiger partial charge in [-0.15, -0.1) is 14.1 Å². The summed E-state index contributed by atoms with van der Waals surface area (Å²) in [6, 6.07) is 45.1. The molecule has 1 aliphatic rings. The largest absolute Gasteiger partial charge is 0.697 e. The Bertz CT molecular complexity index is 3520. The SMILES string of the molecule is COc1ccc(C(OC[C@@H]2O[C@H](n3ccc(=O)[nH]c3=O)C(n3cc(-c4ccc5ccc6cccc7ccc4c5c67)nn3)C2O[P+](=O)OCC(C#N)N(C(C)C)C(C)C)(c2ccccc2)c2ccc(OC)cc2)cc1. The Morgan fingerprint density at radius 1 is 0.770 bits per heavy atom. The fourth-order valence-corrected chi connectivity index (χ4v) is 11.5. The quantitative estimate of drug-likeness (QED) is 0.0459. The molecule has 3 heterocycles. The van der Waals surface area contributed by atoms with Gasteiger partial charge in [0, 0.05) is 34.5 Å². The highest BCUT2D eigenvalue weighted by Gasteiger charge is 2.54. The molecule has 0 saturated carbocycles. The van der Waals surface area contributed by atoms with Gasteiger partial charge in [0.15, 0.2) is 12.3 Å². The van der Waals surface area contributed by atoms with Crippen molar-refractivity contribution < 1.29 is 32.6 Å². The van der Waals surface area contributed by atoms with Crippen LogP contribution in [0.5, 0.6) is 11.5 Å². The Balaban J connectivity index is 1.10. The van der Waals surface area contributed by atoms with Gasteiger partial charge in [0.05, 0.1) is 33.1 Å². The minimum atomic E-state index is -3.00. The summed E-state index contributed by atoms with van der Waals surface area (Å²) in [5, 5.41) is 26.2. The van der Waals surface area contributed by atoms with Crippen LogP contribution in [0.4, 0.5) is 0 Å². The molecule has 17 heteroatoms. The zero-order chi connectivity index (χ0) is 51.7. The normalized spacial score (nSPS) is 17.7. The van der Waals surface area contributed by atoms with Crippen molar-refractivity contribution in [3.8, 4) is 28.8 Å². The predicted molar refractivity (Wildman–Crippen MR) is 282 cm³/mol. The first-order chi connectivity index (χ1) is 35.9. The van der Waals surface area contributed by atoms with Crippen LogP contribution >= 0.6 is 8.25 Å². The standard InChI is InChI=1S/C57H54N7O9P/c1-35(2)64(36(3)4)43(31-58)33-71-74(67)73-54-49(34-70-57(40-13-8-7-9-14-40,41-19-23-44(68-5)24-20-41)42-21-25-45(69-6)26-22-42)72-55(62-30-29-50(65)59-56(62)66)53(54)63-32-48(60-61-63)46-27-17-39-16-15-37-11-10-12-38-18-28-47(46)52(39)51(37)38/h7-30,32,35-36,43,49,53-55H,33-34H2,1-6H3/p+1/t43?,49-,53?,54?,55-/m0/s1. The zero-order valence-corrected chi connectivity index (χ0v) is 42.6. The monoisotopic (exact) mass is 1010 g/mol. The molecule has 10 rings (SSSR count). The van der Waals surface area contributed by atoms with E-state index in [2.05, 4.69) is 53.5 Å². The summed E-state index contributed by atoms with van der Waals surface area (Å²) >= 11 is 0. The summed E-state index contributed by atoms with van der Waals surface area (Å²) in [5.74, 6) is 1.27. The van der Waals surface area contributed by atoms with Crippen LogP contribution in [0.25, 0.3) is 43.6 Å². The van der Waals surface area contributed by atoms with Gasteiger partial charge in [0.25, 0.3) is 5.56 Å². The molecule has 6 atom stereocenters. The lowest BCUT2D eigenvalue weighted by molar-refractivity contribution is -0.0927. The Kier molecular flexibility index (Phi) is 14.2. The van der Waals surface area contributed by atoms with E-state index in [0.717, 1.165) is 54.6 Å². The number of aromatic nitrogens is 5. The second-order valence-corrected chi connectivity index (χ2v) is 19.7. The zero-order valence-electron chi connectivity index (χ0n) is 41.7. The van der Waals surface area contributed by atoms with Crippen LogP contribution < -0.4 is 20.7 Å². The summed E-state index contributed by atoms with van der Waals surface area (Å²) in [6.45, 7) is 7.44. The lowest BCUT2D eigenvalue weighted by Gasteiger charge is -2.37. The van der Waals surface area contributed by atoms with Gasteiger partial charge in [0.2, 0.25) is 0 Å². The van der Waals surface area contributed by atoms with Gasteiger partial charge in [-0.2, -0.15) is 5.26 Å². The number of H-pyrrole nitrogens is 1. The summed E-state index contributed by atoms with van der Waals surface area (Å²) in [5.41, 5.74) is 0.841. The Hall–Kier alpha value is -7.61. The lowest BCUT2D eigenvalue weighted by atomic mass is 9.80. The molecule has 1 N–H and O–H groups in total. The van der Waals surface area contributed by atoms with Crippen molar-refractivity contribution in [2.75, 3.05) is 27.4 Å². The Morgan fingerprint density at radius 2 is 1.38 bits per heavy atom. The average molecular weight is 1010 g/mol. The van der Waals surface area contributed by atoms with E-state index >= 15 is 0 Å². The van der Waals surface area contributed by atoms with Crippen molar-refractivity contribution in [2.45, 2.75) is 75.9 Å². The highest BCUT2D eigenvalue weighted by Crippen LogP contribution is 2.48. The molecule has 1 aliphatic heterocycles. The number of hydrogen-bond acceptors (Lipinski definition) is 13. The number of nitrogens with one attached hydrogen (secondary N) is 1. The van der Waals surface area contributed by atoms with E-state index in [1.54, 1.807) is 20.4 Å². The van der Waals surface area contributed by atoms with Gasteiger partial charge in [0.1, 0.15) is 47.6 Å². The third-order valence-electron chi connectivity index (χ3n) is 13.9. The molecule has 0 amide bonds. The molecule has 1 fully saturated rings. The molecule has 2 aromatic heterocycles. The second-order valence-electron chi connectivity index (χ2n) is 18.8. The molecular weight excluding hydrogens is 958 g/mol. The Labute approximate surface area is 427 Å². The molecule has 0 aliphatic carbocycles. The molecular formula is C57H55N7O9P+. The maximum absolute atomic E-state index is 14.5. The maximum Gasteiger partial charge on any atom is 0.697 e. The number of nitrogens with zero attached hydrogens (tertiary/aromatic N) is 6. The number of benzene rings is 7. The van der Waals surface area contributed by atoms with E-state index in [1.165, 1.54) is 21.5 Å². The summed E-state index contributed by atoms with van der Waals surface area (Å²) < 4.78 is 55.3. The van der Waals surface area contributed by atoms with Gasteiger partial charge in [-0.3, -0.25) is 19.2 Å². The molecule has 4 unspecified atom stereocenters. The van der Waals surface area contributed by atoms with Crippen LogP contribution in [0.1, 0.15) is 56.7 Å². The van der Waals surface area contributed by atoms with Crippen LogP contribution in [0, 0.1) is 11.3 Å². The van der Waals surface area contributed by atoms with Crippen molar-refractivity contribution in [3.05, 3.63) is 189 Å². The maximum atomic E-state index is 14.5. The van der Waals surface area contributed by atoms with E-state index in [1.807, 2.05) is 124 Å². The summed E-state index contributed by atoms with van der Waals surface area (Å²) in [7, 11) is 0.195. The highest BCUT2D eigenvalue weighted by atomic mass is 31.1. The summed E-state index contributed by atoms with van der Waals surface area (Å²) in [4.78, 5) is 30.8. The minimum absolute atomic E-state index is 0.0243. The number of rotatable bonds is 19. The van der Waals surface area contributed by atoms with E-state index in [0.29, 0.717) is 17.2 Å². The Morgan fingerprint density at radius 3 is 1.99 bits per heavy atom. The van der Waals surface area contributed by atoms with Crippen molar-refractivity contribution >= 4 is 40.6 Å². The fraction of sp³-hybridized carbons (Fsp3) is 0.281. The van der Waals surface area contributed by atoms with E-state index < -0.39 is 55.6 Å². The smallest absolute Gasteiger partial charge is 0.497 e. The third-order valence-corrected chi connectivity index (χ3v) is 14.7. The van der Waals surface area contributed by atoms with Crippen molar-refractivity contribution in [1.82, 2.24) is 29.4 Å². The summed E-state index contributed by atoms with van der Waals surface area (Å²) in [6.07, 6.45) is -0.543. The third kappa shape index (κ3) is 9.35. The molecule has 376 valence electrons. The van der Waals surface area contributed by atoms with Crippen LogP contribution in [0.15, 0.2) is 162 Å². The lowest BCUT2D eigenvalue weighted by Crippen LogP contribution is -2.46. The van der Waals surface area contributed by atoms with Gasteiger partial charge < -0.3 is 18.9 Å². The van der Waals surface area contributed by atoms with E-state index in [-0.39, 0.29) is 25.3 Å². The number of methoxy groups -OCH3 is 2. The minimum Gasteiger partial charge on any atom is -0.497 e. The average Bonchev–Trinajstić information content (AvgIpc) is 4.05. The molecule has 74 heavy (non-hydrogen) atoms. The van der Waals surface area contributed by atoms with Gasteiger partial charge >= 0.3 is 13.9 Å². The first-order valence-corrected chi connectivity index (χ1v) is 25.5. The fourth-order valence-electron chi connectivity index (χ4n) is 10.7. The molecule has 0 bridgehead atoms. The van der Waals surface area contributed by atoms with Crippen molar-refractivity contribution in [3.63, 3.8) is 0 Å². The predicted octanol–water partition coefficient (Wildman–Crippen LogP) is 9.93. The number of hydrogen-bond donors (Lipinski definition) is 1. The van der Waals surface area contributed by atoms with Crippen molar-refractivity contribution in [1.29, 1.82) is 5.26 Å². The molecule has 9 aromatic rings. The number of aromatic amines is 1. The molecule has 0 spiro atoms. The molecule has 7 aromatic carbocycles. The van der Waals surface area contributed by atoms with Crippen molar-refractivity contribution in [2.24, 2.45) is 0 Å².